The van der Waals surface area contributed by atoms with Gasteiger partial charge in [-0.15, -0.1) is 0 Å². The molecule has 6 nitrogen and oxygen atoms in total. The van der Waals surface area contributed by atoms with Crippen LogP contribution in [-0.2, 0) is 16.6 Å². The Morgan fingerprint density at radius 2 is 1.89 bits per heavy atom. The molecule has 0 unspecified atom stereocenters. The average Bonchev–Trinajstić information content (AvgIpc) is 2.72. The summed E-state index contributed by atoms with van der Waals surface area (Å²) < 4.78 is 27.8. The molecule has 158 valence electrons. The van der Waals surface area contributed by atoms with Gasteiger partial charge in [0.05, 0.1) is 11.4 Å². The zero-order valence-corrected chi connectivity index (χ0v) is 18.7. The molecular formula is C20H34N4O2S2. The van der Waals surface area contributed by atoms with Crippen molar-refractivity contribution in [3.8, 4) is 0 Å². The number of guanidine groups is 1. The quantitative estimate of drug-likeness (QED) is 0.342. The van der Waals surface area contributed by atoms with Crippen LogP contribution in [0.5, 0.6) is 0 Å². The van der Waals surface area contributed by atoms with Crippen LogP contribution in [0.2, 0.25) is 0 Å². The van der Waals surface area contributed by atoms with Gasteiger partial charge in [-0.1, -0.05) is 24.6 Å². The third-order valence-corrected chi connectivity index (χ3v) is 7.42. The van der Waals surface area contributed by atoms with Gasteiger partial charge in [-0.2, -0.15) is 16.1 Å². The topological polar surface area (TPSA) is 73.8 Å². The molecule has 0 amide bonds. The van der Waals surface area contributed by atoms with Crippen molar-refractivity contribution >= 4 is 27.7 Å². The number of nitrogens with one attached hydrogen (secondary N) is 2. The number of sulfonamides is 1. The van der Waals surface area contributed by atoms with Gasteiger partial charge in [-0.25, -0.2) is 13.4 Å². The average molecular weight is 427 g/mol. The molecule has 2 N–H and O–H groups in total. The Morgan fingerprint density at radius 1 is 1.14 bits per heavy atom. The van der Waals surface area contributed by atoms with E-state index in [0.717, 1.165) is 56.0 Å². The molecule has 0 aromatic heterocycles. The van der Waals surface area contributed by atoms with E-state index in [9.17, 15) is 8.42 Å². The Morgan fingerprint density at radius 3 is 2.61 bits per heavy atom. The fourth-order valence-corrected chi connectivity index (χ4v) is 5.44. The Labute approximate surface area is 174 Å². The van der Waals surface area contributed by atoms with Crippen molar-refractivity contribution in [1.29, 1.82) is 0 Å². The van der Waals surface area contributed by atoms with Crippen LogP contribution in [0.3, 0.4) is 0 Å². The number of benzene rings is 1. The second-order valence-electron chi connectivity index (χ2n) is 6.89. The van der Waals surface area contributed by atoms with E-state index < -0.39 is 10.0 Å². The zero-order valence-electron chi connectivity index (χ0n) is 17.1. The van der Waals surface area contributed by atoms with E-state index in [1.54, 1.807) is 16.4 Å². The molecule has 8 heteroatoms. The van der Waals surface area contributed by atoms with Crippen LogP contribution in [0, 0.1) is 0 Å². The first kappa shape index (κ1) is 23.0. The van der Waals surface area contributed by atoms with Crippen molar-refractivity contribution in [2.75, 3.05) is 38.2 Å². The predicted octanol–water partition coefficient (Wildman–Crippen LogP) is 3.06. The number of thioether (sulfide) groups is 1. The van der Waals surface area contributed by atoms with Gasteiger partial charge in [0.1, 0.15) is 0 Å². The van der Waals surface area contributed by atoms with Crippen LogP contribution >= 0.6 is 11.8 Å². The molecule has 0 bridgehead atoms. The lowest BCUT2D eigenvalue weighted by atomic mass is 10.2. The summed E-state index contributed by atoms with van der Waals surface area (Å²) in [6, 6.07) is 7.24. The summed E-state index contributed by atoms with van der Waals surface area (Å²) in [7, 11) is -3.46. The van der Waals surface area contributed by atoms with E-state index in [1.807, 2.05) is 30.8 Å². The van der Waals surface area contributed by atoms with E-state index in [0.29, 0.717) is 24.5 Å². The SMILES string of the molecule is CCNC(=NCc1ccccc1S(=O)(=O)N1CCCCC1)NCCCCSC. The fraction of sp³-hybridized carbons (Fsp3) is 0.650. The van der Waals surface area contributed by atoms with Crippen LogP contribution < -0.4 is 10.6 Å². The first-order valence-electron chi connectivity index (χ1n) is 10.2. The largest absolute Gasteiger partial charge is 0.357 e. The molecule has 0 aliphatic carbocycles. The molecule has 1 aromatic carbocycles. The second kappa shape index (κ2) is 12.3. The third kappa shape index (κ3) is 6.97. The standard InChI is InChI=1S/C20H34N4O2S2/c1-3-21-20(22-13-7-10-16-27-2)23-17-18-11-5-6-12-19(18)28(25,26)24-14-8-4-9-15-24/h5-6,11-12H,3-4,7-10,13-17H2,1-2H3,(H2,21,22,23). The van der Waals surface area contributed by atoms with Crippen molar-refractivity contribution in [3.63, 3.8) is 0 Å². The van der Waals surface area contributed by atoms with Crippen molar-refractivity contribution < 1.29 is 8.42 Å². The van der Waals surface area contributed by atoms with Gasteiger partial charge in [0, 0.05) is 26.2 Å². The lowest BCUT2D eigenvalue weighted by Crippen LogP contribution is -2.38. The van der Waals surface area contributed by atoms with Crippen LogP contribution in [0.15, 0.2) is 34.2 Å². The molecule has 0 atom stereocenters. The summed E-state index contributed by atoms with van der Waals surface area (Å²) >= 11 is 1.86. The maximum Gasteiger partial charge on any atom is 0.243 e. The number of rotatable bonds is 10. The first-order valence-corrected chi connectivity index (χ1v) is 13.0. The Balaban J connectivity index is 2.08. The number of piperidine rings is 1. The Bertz CT molecular complexity index is 717. The summed E-state index contributed by atoms with van der Waals surface area (Å²) in [6.45, 7) is 5.22. The molecule has 1 saturated heterocycles. The normalized spacial score (nSPS) is 16.1. The van der Waals surface area contributed by atoms with Crippen LogP contribution in [0.25, 0.3) is 0 Å². The van der Waals surface area contributed by atoms with Crippen molar-refractivity contribution in [2.24, 2.45) is 4.99 Å². The van der Waals surface area contributed by atoms with E-state index in [1.165, 1.54) is 6.42 Å². The monoisotopic (exact) mass is 426 g/mol. The van der Waals surface area contributed by atoms with E-state index in [-0.39, 0.29) is 0 Å². The molecule has 0 spiro atoms. The Hall–Kier alpha value is -1.25. The van der Waals surface area contributed by atoms with Crippen molar-refractivity contribution in [3.05, 3.63) is 29.8 Å². The first-order chi connectivity index (χ1) is 13.6. The summed E-state index contributed by atoms with van der Waals surface area (Å²) in [5, 5.41) is 6.58. The highest BCUT2D eigenvalue weighted by Gasteiger charge is 2.27. The predicted molar refractivity (Wildman–Crippen MR) is 119 cm³/mol. The van der Waals surface area contributed by atoms with Gasteiger partial charge in [0.15, 0.2) is 5.96 Å². The summed E-state index contributed by atoms with van der Waals surface area (Å²) in [5.74, 6) is 1.90. The van der Waals surface area contributed by atoms with Crippen LogP contribution in [0.4, 0.5) is 0 Å². The number of unbranched alkanes of at least 4 members (excludes halogenated alkanes) is 1. The maximum absolute atomic E-state index is 13.1. The lowest BCUT2D eigenvalue weighted by Gasteiger charge is -2.26. The van der Waals surface area contributed by atoms with Gasteiger partial charge in [-0.05, 0) is 56.2 Å². The summed E-state index contributed by atoms with van der Waals surface area (Å²) in [5.41, 5.74) is 0.743. The van der Waals surface area contributed by atoms with Gasteiger partial charge in [0.2, 0.25) is 10.0 Å². The molecule has 1 heterocycles. The van der Waals surface area contributed by atoms with Crippen molar-refractivity contribution in [2.45, 2.75) is 50.5 Å². The Kier molecular flexibility index (Phi) is 10.2. The third-order valence-electron chi connectivity index (χ3n) is 4.72. The van der Waals surface area contributed by atoms with Crippen molar-refractivity contribution in [1.82, 2.24) is 14.9 Å². The summed E-state index contributed by atoms with van der Waals surface area (Å²) in [6.07, 6.45) is 7.35. The number of hydrogen-bond acceptors (Lipinski definition) is 4. The molecule has 2 rings (SSSR count). The summed E-state index contributed by atoms with van der Waals surface area (Å²) in [4.78, 5) is 5.01. The molecule has 1 aliphatic heterocycles. The fourth-order valence-electron chi connectivity index (χ4n) is 3.21. The molecule has 1 aromatic rings. The number of nitrogens with zero attached hydrogens (tertiary/aromatic N) is 2. The second-order valence-corrected chi connectivity index (χ2v) is 9.79. The lowest BCUT2D eigenvalue weighted by molar-refractivity contribution is 0.346. The maximum atomic E-state index is 13.1. The van der Waals surface area contributed by atoms with Crippen LogP contribution in [-0.4, -0.2) is 56.9 Å². The minimum atomic E-state index is -3.46. The van der Waals surface area contributed by atoms with Gasteiger partial charge >= 0.3 is 0 Å². The van der Waals surface area contributed by atoms with E-state index in [4.69, 9.17) is 0 Å². The van der Waals surface area contributed by atoms with E-state index >= 15 is 0 Å². The number of aliphatic imine (C=N–C) groups is 1. The molecule has 1 fully saturated rings. The zero-order chi connectivity index (χ0) is 20.2. The van der Waals surface area contributed by atoms with E-state index in [2.05, 4.69) is 21.9 Å². The van der Waals surface area contributed by atoms with Gasteiger partial charge in [0.25, 0.3) is 0 Å². The molecular weight excluding hydrogens is 392 g/mol. The molecule has 1 aliphatic rings. The highest BCUT2D eigenvalue weighted by molar-refractivity contribution is 7.98. The minimum absolute atomic E-state index is 0.337. The molecule has 0 saturated carbocycles. The van der Waals surface area contributed by atoms with Crippen LogP contribution in [0.1, 0.15) is 44.6 Å². The number of hydrogen-bond donors (Lipinski definition) is 2. The molecule has 0 radical (unpaired) electrons. The molecule has 28 heavy (non-hydrogen) atoms. The highest BCUT2D eigenvalue weighted by Crippen LogP contribution is 2.24. The smallest absolute Gasteiger partial charge is 0.243 e. The van der Waals surface area contributed by atoms with Gasteiger partial charge < -0.3 is 10.6 Å². The highest BCUT2D eigenvalue weighted by atomic mass is 32.2. The van der Waals surface area contributed by atoms with Gasteiger partial charge in [-0.3, -0.25) is 0 Å². The minimum Gasteiger partial charge on any atom is -0.357 e.